The summed E-state index contributed by atoms with van der Waals surface area (Å²) in [4.78, 5) is 6.67. The number of nitrogens with zero attached hydrogens (tertiary/aromatic N) is 3. The molecule has 3 rings (SSSR count). The van der Waals surface area contributed by atoms with Gasteiger partial charge in [0.15, 0.2) is 5.82 Å². The summed E-state index contributed by atoms with van der Waals surface area (Å²) in [6.45, 7) is 3.92. The molecule has 2 aliphatic rings. The van der Waals surface area contributed by atoms with Crippen LogP contribution in [0.2, 0.25) is 0 Å². The van der Waals surface area contributed by atoms with Crippen molar-refractivity contribution < 1.29 is 9.26 Å². The average molecular weight is 331 g/mol. The van der Waals surface area contributed by atoms with Gasteiger partial charge in [-0.2, -0.15) is 4.98 Å². The van der Waals surface area contributed by atoms with Gasteiger partial charge in [-0.1, -0.05) is 18.0 Å². The maximum absolute atomic E-state index is 5.97. The molecule has 0 aromatic carbocycles. The second-order valence-corrected chi connectivity index (χ2v) is 6.36. The van der Waals surface area contributed by atoms with Crippen molar-refractivity contribution in [1.29, 1.82) is 0 Å². The van der Waals surface area contributed by atoms with Gasteiger partial charge in [0, 0.05) is 18.1 Å². The molecule has 0 bridgehead atoms. The fourth-order valence-electron chi connectivity index (χ4n) is 4.24. The molecular weight excluding hydrogens is 304 g/mol. The van der Waals surface area contributed by atoms with Crippen LogP contribution in [0.15, 0.2) is 4.52 Å². The lowest BCUT2D eigenvalue weighted by atomic mass is 9.60. The Kier molecular flexibility index (Phi) is 5.82. The number of aromatic nitrogens is 2. The minimum atomic E-state index is 0. The first-order valence-corrected chi connectivity index (χ1v) is 8.03. The van der Waals surface area contributed by atoms with Gasteiger partial charge in [-0.15, -0.1) is 12.4 Å². The lowest BCUT2D eigenvalue weighted by molar-refractivity contribution is -0.162. The molecule has 2 saturated carbocycles. The molecule has 6 nitrogen and oxygen atoms in total. The molecule has 1 spiro atoms. The standard InChI is InChI=1S/C15H26N4O2.ClH/c1-3-20-12-8-11(15(12)6-4-5-7-15)19(2)10-13-17-14(9-16)21-18-13;/h11-12H,3-10,16H2,1-2H3;1H. The van der Waals surface area contributed by atoms with E-state index in [-0.39, 0.29) is 12.4 Å². The molecule has 2 atom stereocenters. The van der Waals surface area contributed by atoms with Crippen LogP contribution in [0.1, 0.15) is 50.7 Å². The summed E-state index contributed by atoms with van der Waals surface area (Å²) >= 11 is 0. The van der Waals surface area contributed by atoms with Crippen molar-refractivity contribution in [3.05, 3.63) is 11.7 Å². The van der Waals surface area contributed by atoms with Crippen LogP contribution in [0, 0.1) is 5.41 Å². The summed E-state index contributed by atoms with van der Waals surface area (Å²) < 4.78 is 11.1. The molecule has 22 heavy (non-hydrogen) atoms. The van der Waals surface area contributed by atoms with Crippen LogP contribution in [0.3, 0.4) is 0 Å². The van der Waals surface area contributed by atoms with Crippen molar-refractivity contribution in [2.45, 2.75) is 64.3 Å². The van der Waals surface area contributed by atoms with E-state index in [1.54, 1.807) is 0 Å². The fraction of sp³-hybridized carbons (Fsp3) is 0.867. The first-order chi connectivity index (χ1) is 10.2. The van der Waals surface area contributed by atoms with E-state index in [2.05, 4.69) is 29.0 Å². The Labute approximate surface area is 138 Å². The van der Waals surface area contributed by atoms with E-state index in [9.17, 15) is 0 Å². The van der Waals surface area contributed by atoms with E-state index in [0.717, 1.165) is 25.4 Å². The van der Waals surface area contributed by atoms with Gasteiger partial charge in [-0.3, -0.25) is 4.90 Å². The maximum Gasteiger partial charge on any atom is 0.240 e. The second-order valence-electron chi connectivity index (χ2n) is 6.36. The van der Waals surface area contributed by atoms with Gasteiger partial charge in [0.05, 0.1) is 19.2 Å². The Morgan fingerprint density at radius 1 is 1.41 bits per heavy atom. The minimum Gasteiger partial charge on any atom is -0.378 e. The molecule has 1 aromatic rings. The van der Waals surface area contributed by atoms with Crippen molar-refractivity contribution >= 4 is 12.4 Å². The molecule has 2 fully saturated rings. The van der Waals surface area contributed by atoms with Gasteiger partial charge in [0.25, 0.3) is 0 Å². The summed E-state index contributed by atoms with van der Waals surface area (Å²) in [5.41, 5.74) is 5.86. The highest BCUT2D eigenvalue weighted by molar-refractivity contribution is 5.85. The third kappa shape index (κ3) is 3.02. The number of hydrogen-bond acceptors (Lipinski definition) is 6. The van der Waals surface area contributed by atoms with Gasteiger partial charge >= 0.3 is 0 Å². The summed E-state index contributed by atoms with van der Waals surface area (Å²) in [5.74, 6) is 1.24. The molecular formula is C15H27ClN4O2. The summed E-state index contributed by atoms with van der Waals surface area (Å²) in [6.07, 6.45) is 6.77. The molecule has 0 saturated heterocycles. The predicted octanol–water partition coefficient (Wildman–Crippen LogP) is 2.12. The van der Waals surface area contributed by atoms with Crippen molar-refractivity contribution in [2.24, 2.45) is 11.1 Å². The average Bonchev–Trinajstić information content (AvgIpc) is 3.12. The van der Waals surface area contributed by atoms with E-state index in [0.29, 0.717) is 30.0 Å². The monoisotopic (exact) mass is 330 g/mol. The lowest BCUT2D eigenvalue weighted by Crippen LogP contribution is -2.62. The van der Waals surface area contributed by atoms with Crippen LogP contribution in [0.4, 0.5) is 0 Å². The van der Waals surface area contributed by atoms with Gasteiger partial charge < -0.3 is 15.0 Å². The molecule has 2 aliphatic carbocycles. The molecule has 2 unspecified atom stereocenters. The molecule has 1 aromatic heterocycles. The highest BCUT2D eigenvalue weighted by Crippen LogP contribution is 2.56. The lowest BCUT2D eigenvalue weighted by Gasteiger charge is -2.57. The van der Waals surface area contributed by atoms with Crippen molar-refractivity contribution in [3.8, 4) is 0 Å². The molecule has 1 heterocycles. The summed E-state index contributed by atoms with van der Waals surface area (Å²) in [6, 6.07) is 0.566. The van der Waals surface area contributed by atoms with Crippen molar-refractivity contribution in [1.82, 2.24) is 15.0 Å². The molecule has 7 heteroatoms. The number of nitrogens with two attached hydrogens (primary N) is 1. The van der Waals surface area contributed by atoms with Crippen LogP contribution in [0.25, 0.3) is 0 Å². The minimum absolute atomic E-state index is 0. The Balaban J connectivity index is 0.00000176. The van der Waals surface area contributed by atoms with Gasteiger partial charge in [0.1, 0.15) is 0 Å². The molecule has 0 radical (unpaired) electrons. The van der Waals surface area contributed by atoms with Crippen LogP contribution in [-0.4, -0.2) is 40.8 Å². The summed E-state index contributed by atoms with van der Waals surface area (Å²) in [5, 5.41) is 4.00. The van der Waals surface area contributed by atoms with E-state index in [1.165, 1.54) is 25.7 Å². The number of rotatable bonds is 6. The Bertz CT molecular complexity index is 476. The predicted molar refractivity (Wildman–Crippen MR) is 85.6 cm³/mol. The smallest absolute Gasteiger partial charge is 0.240 e. The van der Waals surface area contributed by atoms with E-state index >= 15 is 0 Å². The van der Waals surface area contributed by atoms with Crippen LogP contribution in [-0.2, 0) is 17.8 Å². The summed E-state index contributed by atoms with van der Waals surface area (Å²) in [7, 11) is 2.16. The van der Waals surface area contributed by atoms with Crippen molar-refractivity contribution in [2.75, 3.05) is 13.7 Å². The van der Waals surface area contributed by atoms with Gasteiger partial charge in [-0.25, -0.2) is 0 Å². The Morgan fingerprint density at radius 3 is 2.73 bits per heavy atom. The third-order valence-electron chi connectivity index (χ3n) is 5.25. The fourth-order valence-corrected chi connectivity index (χ4v) is 4.24. The zero-order valence-corrected chi connectivity index (χ0v) is 14.3. The first-order valence-electron chi connectivity index (χ1n) is 8.03. The zero-order valence-electron chi connectivity index (χ0n) is 13.5. The quantitative estimate of drug-likeness (QED) is 0.861. The maximum atomic E-state index is 5.97. The SMILES string of the molecule is CCOC1CC(N(C)Cc2noc(CN)n2)C12CCCC2.Cl. The normalized spacial score (nSPS) is 26.2. The second kappa shape index (κ2) is 7.25. The van der Waals surface area contributed by atoms with E-state index < -0.39 is 0 Å². The zero-order chi connectivity index (χ0) is 14.9. The Hall–Kier alpha value is -0.690. The van der Waals surface area contributed by atoms with Crippen LogP contribution >= 0.6 is 12.4 Å². The third-order valence-corrected chi connectivity index (χ3v) is 5.25. The number of hydrogen-bond donors (Lipinski definition) is 1. The highest BCUT2D eigenvalue weighted by Gasteiger charge is 2.57. The van der Waals surface area contributed by atoms with Crippen molar-refractivity contribution in [3.63, 3.8) is 0 Å². The van der Waals surface area contributed by atoms with Gasteiger partial charge in [-0.05, 0) is 33.2 Å². The number of ether oxygens (including phenoxy) is 1. The molecule has 0 aliphatic heterocycles. The van der Waals surface area contributed by atoms with Crippen LogP contribution < -0.4 is 5.73 Å². The van der Waals surface area contributed by atoms with Crippen LogP contribution in [0.5, 0.6) is 0 Å². The Morgan fingerprint density at radius 2 is 2.14 bits per heavy atom. The first kappa shape index (κ1) is 17.7. The largest absolute Gasteiger partial charge is 0.378 e. The van der Waals surface area contributed by atoms with E-state index in [4.69, 9.17) is 15.0 Å². The number of halogens is 1. The van der Waals surface area contributed by atoms with E-state index in [1.807, 2.05) is 0 Å². The molecule has 0 amide bonds. The highest BCUT2D eigenvalue weighted by atomic mass is 35.5. The topological polar surface area (TPSA) is 77.4 Å². The van der Waals surface area contributed by atoms with Gasteiger partial charge in [0.2, 0.25) is 5.89 Å². The molecule has 126 valence electrons. The molecule has 2 N–H and O–H groups in total.